The summed E-state index contributed by atoms with van der Waals surface area (Å²) >= 11 is 0. The van der Waals surface area contributed by atoms with Crippen molar-refractivity contribution < 1.29 is 0 Å². The summed E-state index contributed by atoms with van der Waals surface area (Å²) in [4.78, 5) is 13.9. The highest BCUT2D eigenvalue weighted by Gasteiger charge is 2.07. The zero-order valence-electron chi connectivity index (χ0n) is 7.24. The van der Waals surface area contributed by atoms with E-state index < -0.39 is 5.56 Å². The summed E-state index contributed by atoms with van der Waals surface area (Å²) in [6.45, 7) is 0. The van der Waals surface area contributed by atoms with Crippen LogP contribution in [0.3, 0.4) is 0 Å². The molecule has 0 radical (unpaired) electrons. The number of fused-ring (bicyclic) bond motifs is 1. The second kappa shape index (κ2) is 2.89. The van der Waals surface area contributed by atoms with Gasteiger partial charge in [-0.1, -0.05) is 18.2 Å². The minimum Gasteiger partial charge on any atom is -0.397 e. The molecule has 2 aromatic rings. The Labute approximate surface area is 79.6 Å². The monoisotopic (exact) mass is 185 g/mol. The van der Waals surface area contributed by atoms with Crippen LogP contribution in [0.25, 0.3) is 10.9 Å². The molecule has 14 heavy (non-hydrogen) atoms. The van der Waals surface area contributed by atoms with Gasteiger partial charge in [0.1, 0.15) is 11.6 Å². The first-order chi connectivity index (χ1) is 6.74. The van der Waals surface area contributed by atoms with Gasteiger partial charge >= 0.3 is 0 Å². The van der Waals surface area contributed by atoms with Crippen LogP contribution in [0.5, 0.6) is 0 Å². The van der Waals surface area contributed by atoms with Crippen LogP contribution < -0.4 is 11.3 Å². The molecule has 1 aromatic heterocycles. The van der Waals surface area contributed by atoms with Crippen molar-refractivity contribution in [1.29, 1.82) is 5.26 Å². The minimum atomic E-state index is -0.441. The molecule has 4 heteroatoms. The molecular weight excluding hydrogens is 178 g/mol. The van der Waals surface area contributed by atoms with Crippen molar-refractivity contribution in [3.05, 3.63) is 40.2 Å². The fourth-order valence-electron chi connectivity index (χ4n) is 1.38. The van der Waals surface area contributed by atoms with E-state index in [1.807, 2.05) is 0 Å². The maximum Gasteiger partial charge on any atom is 0.268 e. The third-order valence-electron chi connectivity index (χ3n) is 2.07. The maximum atomic E-state index is 11.3. The SMILES string of the molecule is N#Cc1c(N)c2ccccc2[nH]c1=O. The second-order valence-electron chi connectivity index (χ2n) is 2.90. The van der Waals surface area contributed by atoms with Gasteiger partial charge in [0.25, 0.3) is 5.56 Å². The average molecular weight is 185 g/mol. The van der Waals surface area contributed by atoms with E-state index in [9.17, 15) is 4.79 Å². The van der Waals surface area contributed by atoms with Crippen LogP contribution in [-0.4, -0.2) is 4.98 Å². The molecule has 0 aliphatic carbocycles. The lowest BCUT2D eigenvalue weighted by Crippen LogP contribution is -2.13. The number of H-pyrrole nitrogens is 1. The topological polar surface area (TPSA) is 82.7 Å². The van der Waals surface area contributed by atoms with Crippen LogP contribution in [0.2, 0.25) is 0 Å². The highest BCUT2D eigenvalue weighted by atomic mass is 16.1. The summed E-state index contributed by atoms with van der Waals surface area (Å²) < 4.78 is 0. The molecule has 1 aromatic carbocycles. The Morgan fingerprint density at radius 2 is 2.07 bits per heavy atom. The predicted molar refractivity (Wildman–Crippen MR) is 53.7 cm³/mol. The third kappa shape index (κ3) is 1.04. The fraction of sp³-hybridized carbons (Fsp3) is 0. The molecule has 0 unspecified atom stereocenters. The molecule has 0 aliphatic rings. The lowest BCUT2D eigenvalue weighted by Gasteiger charge is -2.02. The molecule has 0 aliphatic heterocycles. The van der Waals surface area contributed by atoms with E-state index in [-0.39, 0.29) is 11.3 Å². The lowest BCUT2D eigenvalue weighted by molar-refractivity contribution is 1.28. The van der Waals surface area contributed by atoms with Crippen molar-refractivity contribution in [2.75, 3.05) is 5.73 Å². The van der Waals surface area contributed by atoms with Gasteiger partial charge in [-0.3, -0.25) is 4.79 Å². The molecule has 0 atom stereocenters. The summed E-state index contributed by atoms with van der Waals surface area (Å²) in [5.74, 6) is 0. The zero-order chi connectivity index (χ0) is 10.1. The van der Waals surface area contributed by atoms with Crippen LogP contribution in [0.1, 0.15) is 5.56 Å². The second-order valence-corrected chi connectivity index (χ2v) is 2.90. The standard InChI is InChI=1S/C10H7N3O/c11-5-7-9(12)6-3-1-2-4-8(6)13-10(7)14/h1-4H,(H3,12,13,14). The lowest BCUT2D eigenvalue weighted by atomic mass is 10.1. The van der Waals surface area contributed by atoms with E-state index in [1.165, 1.54) is 0 Å². The number of hydrogen-bond donors (Lipinski definition) is 2. The number of rotatable bonds is 0. The van der Waals surface area contributed by atoms with Gasteiger partial charge in [0.2, 0.25) is 0 Å². The van der Waals surface area contributed by atoms with Crippen LogP contribution in [0, 0.1) is 11.3 Å². The Kier molecular flexibility index (Phi) is 1.72. The summed E-state index contributed by atoms with van der Waals surface area (Å²) in [5, 5.41) is 9.41. The van der Waals surface area contributed by atoms with Gasteiger partial charge in [-0.05, 0) is 6.07 Å². The number of nitrogen functional groups attached to an aromatic ring is 1. The minimum absolute atomic E-state index is 0.0244. The first kappa shape index (κ1) is 8.32. The fourth-order valence-corrected chi connectivity index (χ4v) is 1.38. The van der Waals surface area contributed by atoms with Gasteiger partial charge in [-0.25, -0.2) is 0 Å². The number of nitrogens with zero attached hydrogens (tertiary/aromatic N) is 1. The molecule has 1 heterocycles. The van der Waals surface area contributed by atoms with Gasteiger partial charge in [-0.15, -0.1) is 0 Å². The molecular formula is C10H7N3O. The van der Waals surface area contributed by atoms with Gasteiger partial charge in [0.05, 0.1) is 11.2 Å². The Morgan fingerprint density at radius 3 is 2.79 bits per heavy atom. The number of nitrogens with one attached hydrogen (secondary N) is 1. The Balaban J connectivity index is 3.02. The van der Waals surface area contributed by atoms with Crippen molar-refractivity contribution in [3.8, 4) is 6.07 Å². The van der Waals surface area contributed by atoms with Gasteiger partial charge in [0, 0.05) is 5.39 Å². The third-order valence-corrected chi connectivity index (χ3v) is 2.07. The van der Waals surface area contributed by atoms with Crippen molar-refractivity contribution in [1.82, 2.24) is 4.98 Å². The number of nitriles is 1. The number of pyridine rings is 1. The van der Waals surface area contributed by atoms with Crippen molar-refractivity contribution in [3.63, 3.8) is 0 Å². The van der Waals surface area contributed by atoms with Gasteiger partial charge < -0.3 is 10.7 Å². The smallest absolute Gasteiger partial charge is 0.268 e. The molecule has 0 spiro atoms. The zero-order valence-corrected chi connectivity index (χ0v) is 7.24. The molecule has 0 saturated heterocycles. The number of aromatic amines is 1. The van der Waals surface area contributed by atoms with Crippen LogP contribution in [0.15, 0.2) is 29.1 Å². The number of nitrogens with two attached hydrogens (primary N) is 1. The van der Waals surface area contributed by atoms with E-state index in [4.69, 9.17) is 11.0 Å². The number of hydrogen-bond acceptors (Lipinski definition) is 3. The van der Waals surface area contributed by atoms with Crippen molar-refractivity contribution in [2.45, 2.75) is 0 Å². The van der Waals surface area contributed by atoms with Gasteiger partial charge in [-0.2, -0.15) is 5.26 Å². The normalized spacial score (nSPS) is 9.93. The Hall–Kier alpha value is -2.28. The summed E-state index contributed by atoms with van der Waals surface area (Å²) in [5.41, 5.74) is 6.11. The molecule has 68 valence electrons. The Morgan fingerprint density at radius 1 is 1.36 bits per heavy atom. The molecule has 0 fully saturated rings. The van der Waals surface area contributed by atoms with E-state index in [0.717, 1.165) is 0 Å². The molecule has 3 N–H and O–H groups in total. The first-order valence-electron chi connectivity index (χ1n) is 4.04. The van der Waals surface area contributed by atoms with Gasteiger partial charge in [0.15, 0.2) is 0 Å². The number of benzene rings is 1. The molecule has 4 nitrogen and oxygen atoms in total. The van der Waals surface area contributed by atoms with Crippen LogP contribution >= 0.6 is 0 Å². The van der Waals surface area contributed by atoms with Crippen LogP contribution in [-0.2, 0) is 0 Å². The number of aromatic nitrogens is 1. The van der Waals surface area contributed by atoms with E-state index in [1.54, 1.807) is 30.3 Å². The highest BCUT2D eigenvalue weighted by molar-refractivity contribution is 5.92. The largest absolute Gasteiger partial charge is 0.397 e. The van der Waals surface area contributed by atoms with E-state index >= 15 is 0 Å². The molecule has 0 amide bonds. The Bertz CT molecular complexity index is 592. The summed E-state index contributed by atoms with van der Waals surface area (Å²) in [6.07, 6.45) is 0. The quantitative estimate of drug-likeness (QED) is 0.641. The van der Waals surface area contributed by atoms with Crippen molar-refractivity contribution >= 4 is 16.6 Å². The predicted octanol–water partition coefficient (Wildman–Crippen LogP) is 0.982. The molecule has 0 bridgehead atoms. The first-order valence-corrected chi connectivity index (χ1v) is 4.04. The maximum absolute atomic E-state index is 11.3. The average Bonchev–Trinajstić information content (AvgIpc) is 2.18. The molecule has 0 saturated carbocycles. The van der Waals surface area contributed by atoms with Crippen molar-refractivity contribution in [2.24, 2.45) is 0 Å². The summed E-state index contributed by atoms with van der Waals surface area (Å²) in [7, 11) is 0. The van der Waals surface area contributed by atoms with Crippen LogP contribution in [0.4, 0.5) is 5.69 Å². The highest BCUT2D eigenvalue weighted by Crippen LogP contribution is 2.18. The molecule has 2 rings (SSSR count). The number of para-hydroxylation sites is 1. The van der Waals surface area contributed by atoms with E-state index in [0.29, 0.717) is 10.9 Å². The summed E-state index contributed by atoms with van der Waals surface area (Å²) in [6, 6.07) is 8.90. The number of anilines is 1. The van der Waals surface area contributed by atoms with E-state index in [2.05, 4.69) is 4.98 Å².